The van der Waals surface area contributed by atoms with Crippen LogP contribution in [0.3, 0.4) is 0 Å². The molecule has 0 radical (unpaired) electrons. The van der Waals surface area contributed by atoms with Crippen molar-refractivity contribution in [1.29, 1.82) is 0 Å². The molecule has 0 fully saturated rings. The van der Waals surface area contributed by atoms with Crippen molar-refractivity contribution in [2.45, 2.75) is 0 Å². The van der Waals surface area contributed by atoms with E-state index in [1.54, 1.807) is 32.4 Å². The third-order valence-electron chi connectivity index (χ3n) is 1.77. The average molecular weight is 310 g/mol. The molecule has 4 nitrogen and oxygen atoms in total. The fraction of sp³-hybridized carbons (Fsp3) is 0.300. The van der Waals surface area contributed by atoms with Crippen LogP contribution >= 0.6 is 28.3 Å². The number of carbonyl (C=O) groups excluding carboxylic acids is 1. The zero-order valence-corrected chi connectivity index (χ0v) is 11.4. The third kappa shape index (κ3) is 4.38. The SMILES string of the molecule is CNCC(=O)Nc1ccc(OC)c(Br)c1.Cl. The van der Waals surface area contributed by atoms with Crippen LogP contribution in [-0.4, -0.2) is 26.6 Å². The number of halogens is 2. The predicted octanol–water partition coefficient (Wildman–Crippen LogP) is 2.04. The quantitative estimate of drug-likeness (QED) is 0.895. The molecule has 0 unspecified atom stereocenters. The molecule has 0 atom stereocenters. The molecule has 1 rings (SSSR count). The number of amides is 1. The minimum Gasteiger partial charge on any atom is -0.496 e. The monoisotopic (exact) mass is 308 g/mol. The lowest BCUT2D eigenvalue weighted by Gasteiger charge is -2.07. The van der Waals surface area contributed by atoms with E-state index in [9.17, 15) is 4.79 Å². The summed E-state index contributed by atoms with van der Waals surface area (Å²) in [7, 11) is 3.32. The Hall–Kier alpha value is -0.780. The summed E-state index contributed by atoms with van der Waals surface area (Å²) in [5.74, 6) is 0.663. The maximum absolute atomic E-state index is 11.3. The van der Waals surface area contributed by atoms with E-state index in [4.69, 9.17) is 4.74 Å². The Morgan fingerprint density at radius 1 is 1.50 bits per heavy atom. The second kappa shape index (κ2) is 7.49. The van der Waals surface area contributed by atoms with Gasteiger partial charge in [-0.3, -0.25) is 4.79 Å². The van der Waals surface area contributed by atoms with Crippen LogP contribution in [0, 0.1) is 0 Å². The molecule has 0 aliphatic heterocycles. The summed E-state index contributed by atoms with van der Waals surface area (Å²) in [6.07, 6.45) is 0. The van der Waals surface area contributed by atoms with Gasteiger partial charge in [-0.05, 0) is 41.2 Å². The minimum atomic E-state index is -0.0745. The molecule has 0 aliphatic rings. The number of ether oxygens (including phenoxy) is 1. The molecular weight excluding hydrogens is 295 g/mol. The molecule has 2 N–H and O–H groups in total. The van der Waals surface area contributed by atoms with Crippen LogP contribution in [0.4, 0.5) is 5.69 Å². The van der Waals surface area contributed by atoms with Gasteiger partial charge in [0.15, 0.2) is 0 Å². The van der Waals surface area contributed by atoms with Gasteiger partial charge in [0.1, 0.15) is 5.75 Å². The highest BCUT2D eigenvalue weighted by molar-refractivity contribution is 9.10. The number of rotatable bonds is 4. The van der Waals surface area contributed by atoms with Crippen molar-refractivity contribution in [3.63, 3.8) is 0 Å². The van der Waals surface area contributed by atoms with Gasteiger partial charge in [-0.15, -0.1) is 12.4 Å². The van der Waals surface area contributed by atoms with Crippen molar-refractivity contribution >= 4 is 39.9 Å². The van der Waals surface area contributed by atoms with Crippen molar-refractivity contribution in [3.05, 3.63) is 22.7 Å². The summed E-state index contributed by atoms with van der Waals surface area (Å²) in [5, 5.41) is 5.52. The van der Waals surface area contributed by atoms with Crippen LogP contribution in [0.1, 0.15) is 0 Å². The second-order valence-corrected chi connectivity index (χ2v) is 3.78. The van der Waals surface area contributed by atoms with E-state index in [1.807, 2.05) is 0 Å². The maximum atomic E-state index is 11.3. The smallest absolute Gasteiger partial charge is 0.238 e. The normalized spacial score (nSPS) is 9.19. The number of nitrogens with one attached hydrogen (secondary N) is 2. The fourth-order valence-electron chi connectivity index (χ4n) is 1.11. The Balaban J connectivity index is 0.00000225. The summed E-state index contributed by atoms with van der Waals surface area (Å²) in [5.41, 5.74) is 0.739. The highest BCUT2D eigenvalue weighted by Gasteiger charge is 2.04. The molecule has 0 saturated carbocycles. The molecule has 0 spiro atoms. The second-order valence-electron chi connectivity index (χ2n) is 2.93. The van der Waals surface area contributed by atoms with E-state index in [2.05, 4.69) is 26.6 Å². The van der Waals surface area contributed by atoms with Gasteiger partial charge in [-0.1, -0.05) is 0 Å². The first-order chi connectivity index (χ1) is 7.17. The van der Waals surface area contributed by atoms with Crippen LogP contribution in [-0.2, 0) is 4.79 Å². The van der Waals surface area contributed by atoms with Gasteiger partial charge in [0, 0.05) is 5.69 Å². The summed E-state index contributed by atoms with van der Waals surface area (Å²) in [6.45, 7) is 0.295. The summed E-state index contributed by atoms with van der Waals surface area (Å²) in [6, 6.07) is 5.38. The lowest BCUT2D eigenvalue weighted by Crippen LogP contribution is -2.24. The van der Waals surface area contributed by atoms with E-state index in [0.717, 1.165) is 15.9 Å². The number of hydrogen-bond acceptors (Lipinski definition) is 3. The largest absolute Gasteiger partial charge is 0.496 e. The molecule has 0 saturated heterocycles. The lowest BCUT2D eigenvalue weighted by atomic mass is 10.3. The molecular formula is C10H14BrClN2O2. The molecule has 0 heterocycles. The highest BCUT2D eigenvalue weighted by Crippen LogP contribution is 2.27. The van der Waals surface area contributed by atoms with Crippen molar-refractivity contribution in [1.82, 2.24) is 5.32 Å². The van der Waals surface area contributed by atoms with Gasteiger partial charge in [0.05, 0.1) is 18.1 Å². The average Bonchev–Trinajstić information content (AvgIpc) is 2.18. The first-order valence-electron chi connectivity index (χ1n) is 4.45. The zero-order valence-electron chi connectivity index (χ0n) is 9.04. The Morgan fingerprint density at radius 3 is 2.69 bits per heavy atom. The van der Waals surface area contributed by atoms with Gasteiger partial charge >= 0.3 is 0 Å². The molecule has 0 aromatic heterocycles. The van der Waals surface area contributed by atoms with Crippen LogP contribution in [0.5, 0.6) is 5.75 Å². The molecule has 0 bridgehead atoms. The predicted molar refractivity (Wildman–Crippen MR) is 70.5 cm³/mol. The third-order valence-corrected chi connectivity index (χ3v) is 2.39. The van der Waals surface area contributed by atoms with Gasteiger partial charge in [0.2, 0.25) is 5.91 Å². The molecule has 1 aromatic carbocycles. The van der Waals surface area contributed by atoms with Crippen LogP contribution < -0.4 is 15.4 Å². The van der Waals surface area contributed by atoms with E-state index >= 15 is 0 Å². The van der Waals surface area contributed by atoms with Crippen molar-refractivity contribution in [2.75, 3.05) is 26.0 Å². The summed E-state index contributed by atoms with van der Waals surface area (Å²) in [4.78, 5) is 11.3. The van der Waals surface area contributed by atoms with E-state index in [0.29, 0.717) is 6.54 Å². The lowest BCUT2D eigenvalue weighted by molar-refractivity contribution is -0.115. The standard InChI is InChI=1S/C10H13BrN2O2.ClH/c1-12-6-10(14)13-7-3-4-9(15-2)8(11)5-7;/h3-5,12H,6H2,1-2H3,(H,13,14);1H. The summed E-state index contributed by atoms with van der Waals surface area (Å²) < 4.78 is 5.89. The van der Waals surface area contributed by atoms with E-state index < -0.39 is 0 Å². The first-order valence-corrected chi connectivity index (χ1v) is 5.24. The molecule has 16 heavy (non-hydrogen) atoms. The van der Waals surface area contributed by atoms with Crippen molar-refractivity contribution in [3.8, 4) is 5.75 Å². The molecule has 0 aliphatic carbocycles. The van der Waals surface area contributed by atoms with Gasteiger partial charge in [-0.2, -0.15) is 0 Å². The molecule has 1 aromatic rings. The molecule has 1 amide bonds. The molecule has 6 heteroatoms. The Kier molecular flexibility index (Phi) is 7.12. The van der Waals surface area contributed by atoms with Crippen molar-refractivity contribution < 1.29 is 9.53 Å². The van der Waals surface area contributed by atoms with Gasteiger partial charge in [-0.25, -0.2) is 0 Å². The number of carbonyl (C=O) groups is 1. The number of methoxy groups -OCH3 is 1. The van der Waals surface area contributed by atoms with Crippen molar-refractivity contribution in [2.24, 2.45) is 0 Å². The molecule has 90 valence electrons. The Morgan fingerprint density at radius 2 is 2.19 bits per heavy atom. The zero-order chi connectivity index (χ0) is 11.3. The number of hydrogen-bond donors (Lipinski definition) is 2. The van der Waals surface area contributed by atoms with Gasteiger partial charge < -0.3 is 15.4 Å². The van der Waals surface area contributed by atoms with Crippen LogP contribution in [0.2, 0.25) is 0 Å². The highest BCUT2D eigenvalue weighted by atomic mass is 79.9. The van der Waals surface area contributed by atoms with E-state index in [1.165, 1.54) is 0 Å². The van der Waals surface area contributed by atoms with Crippen LogP contribution in [0.25, 0.3) is 0 Å². The summed E-state index contributed by atoms with van der Waals surface area (Å²) >= 11 is 3.34. The van der Waals surface area contributed by atoms with Crippen LogP contribution in [0.15, 0.2) is 22.7 Å². The number of benzene rings is 1. The number of likely N-dealkylation sites (N-methyl/N-ethyl adjacent to an activating group) is 1. The fourth-order valence-corrected chi connectivity index (χ4v) is 1.65. The maximum Gasteiger partial charge on any atom is 0.238 e. The Labute approximate surface area is 109 Å². The van der Waals surface area contributed by atoms with Gasteiger partial charge in [0.25, 0.3) is 0 Å². The Bertz CT molecular complexity index is 361. The first kappa shape index (κ1) is 15.2. The van der Waals surface area contributed by atoms with E-state index in [-0.39, 0.29) is 18.3 Å². The number of anilines is 1. The minimum absolute atomic E-state index is 0. The topological polar surface area (TPSA) is 50.4 Å².